The van der Waals surface area contributed by atoms with Gasteiger partial charge in [-0.1, -0.05) is 30.3 Å². The van der Waals surface area contributed by atoms with Gasteiger partial charge < -0.3 is 9.84 Å². The Labute approximate surface area is 131 Å². The van der Waals surface area contributed by atoms with Gasteiger partial charge in [0.2, 0.25) is 5.60 Å². The summed E-state index contributed by atoms with van der Waals surface area (Å²) < 4.78 is 5.00. The van der Waals surface area contributed by atoms with Gasteiger partial charge in [0.25, 0.3) is 5.69 Å². The summed E-state index contributed by atoms with van der Waals surface area (Å²) >= 11 is 0. The zero-order valence-electron chi connectivity index (χ0n) is 12.1. The lowest BCUT2D eigenvalue weighted by Gasteiger charge is -2.23. The highest BCUT2D eigenvalue weighted by molar-refractivity contribution is 6.07. The second-order valence-electron chi connectivity index (χ2n) is 4.77. The van der Waals surface area contributed by atoms with Gasteiger partial charge in [0, 0.05) is 17.7 Å². The molecule has 0 aromatic heterocycles. The number of Topliss-reactive ketones (excluding diaryl/α,β-unsaturated/α-hetero) is 1. The Bertz CT molecular complexity index is 741. The molecule has 0 aliphatic carbocycles. The van der Waals surface area contributed by atoms with Gasteiger partial charge in [0.05, 0.1) is 4.92 Å². The number of hydrogen-bond acceptors (Lipinski definition) is 6. The average molecular weight is 315 g/mol. The van der Waals surface area contributed by atoms with Crippen molar-refractivity contribution in [2.75, 3.05) is 0 Å². The first-order valence-electron chi connectivity index (χ1n) is 6.61. The molecule has 0 aliphatic rings. The van der Waals surface area contributed by atoms with Crippen molar-refractivity contribution in [1.29, 1.82) is 0 Å². The molecule has 0 amide bonds. The van der Waals surface area contributed by atoms with Gasteiger partial charge in [-0.05, 0) is 19.1 Å². The Morgan fingerprint density at radius 1 is 1.09 bits per heavy atom. The average Bonchev–Trinajstić information content (AvgIpc) is 2.55. The summed E-state index contributed by atoms with van der Waals surface area (Å²) in [6, 6.07) is 12.4. The van der Waals surface area contributed by atoms with E-state index in [-0.39, 0.29) is 17.0 Å². The van der Waals surface area contributed by atoms with Crippen LogP contribution in [-0.2, 0) is 15.2 Å². The van der Waals surface area contributed by atoms with Crippen LogP contribution in [-0.4, -0.2) is 21.8 Å². The fraction of sp³-hybridized carbons (Fsp3) is 0.125. The minimum atomic E-state index is -2.44. The molecular formula is C16H13NO6. The van der Waals surface area contributed by atoms with Crippen molar-refractivity contribution in [3.05, 3.63) is 70.3 Å². The SMILES string of the molecule is CC(=O)[C@](O)(C(=O)Oc1ccc([N+](=O)[O-])cc1)c1ccccc1. The molecule has 7 heteroatoms. The number of rotatable bonds is 5. The monoisotopic (exact) mass is 315 g/mol. The quantitative estimate of drug-likeness (QED) is 0.297. The van der Waals surface area contributed by atoms with E-state index >= 15 is 0 Å². The molecule has 118 valence electrons. The molecule has 2 aromatic carbocycles. The van der Waals surface area contributed by atoms with Crippen LogP contribution in [0.15, 0.2) is 54.6 Å². The number of hydrogen-bond donors (Lipinski definition) is 1. The molecule has 0 unspecified atom stereocenters. The smallest absolute Gasteiger partial charge is 0.356 e. The summed E-state index contributed by atoms with van der Waals surface area (Å²) in [5.74, 6) is -1.99. The predicted molar refractivity (Wildman–Crippen MR) is 79.8 cm³/mol. The normalized spacial score (nSPS) is 13.0. The zero-order valence-corrected chi connectivity index (χ0v) is 12.1. The third kappa shape index (κ3) is 3.24. The maximum atomic E-state index is 12.3. The molecule has 0 bridgehead atoms. The lowest BCUT2D eigenvalue weighted by molar-refractivity contribution is -0.384. The standard InChI is InChI=1S/C16H13NO6/c1-11(18)16(20,12-5-3-2-4-6-12)15(19)23-14-9-7-13(8-10-14)17(21)22/h2-10,20H,1H3/t16-/m1/s1. The van der Waals surface area contributed by atoms with Crippen molar-refractivity contribution >= 4 is 17.4 Å². The molecule has 0 radical (unpaired) electrons. The third-order valence-corrected chi connectivity index (χ3v) is 3.25. The summed E-state index contributed by atoms with van der Waals surface area (Å²) in [6.07, 6.45) is 0. The first-order valence-corrected chi connectivity index (χ1v) is 6.61. The number of benzene rings is 2. The van der Waals surface area contributed by atoms with E-state index < -0.39 is 22.3 Å². The highest BCUT2D eigenvalue weighted by atomic mass is 16.6. The van der Waals surface area contributed by atoms with Crippen LogP contribution in [0, 0.1) is 10.1 Å². The molecule has 2 aromatic rings. The maximum Gasteiger partial charge on any atom is 0.356 e. The number of ketones is 1. The van der Waals surface area contributed by atoms with Gasteiger partial charge in [-0.25, -0.2) is 4.79 Å². The molecule has 1 atom stereocenters. The van der Waals surface area contributed by atoms with Crippen LogP contribution in [0.4, 0.5) is 5.69 Å². The van der Waals surface area contributed by atoms with Crippen molar-refractivity contribution in [3.8, 4) is 5.75 Å². The van der Waals surface area contributed by atoms with Crippen molar-refractivity contribution < 1.29 is 24.4 Å². The number of aliphatic hydroxyl groups is 1. The summed E-state index contributed by atoms with van der Waals surface area (Å²) in [5, 5.41) is 21.1. The van der Waals surface area contributed by atoms with Crippen LogP contribution >= 0.6 is 0 Å². The molecule has 0 saturated heterocycles. The van der Waals surface area contributed by atoms with E-state index in [9.17, 15) is 24.8 Å². The fourth-order valence-corrected chi connectivity index (χ4v) is 1.96. The fourth-order valence-electron chi connectivity index (χ4n) is 1.96. The summed E-state index contributed by atoms with van der Waals surface area (Å²) in [6.45, 7) is 1.07. The van der Waals surface area contributed by atoms with Crippen LogP contribution in [0.25, 0.3) is 0 Å². The second-order valence-corrected chi connectivity index (χ2v) is 4.77. The minimum Gasteiger partial charge on any atom is -0.424 e. The number of non-ortho nitro benzene ring substituents is 1. The first kappa shape index (κ1) is 16.3. The van der Waals surface area contributed by atoms with Gasteiger partial charge in [-0.2, -0.15) is 0 Å². The Morgan fingerprint density at radius 2 is 1.65 bits per heavy atom. The Morgan fingerprint density at radius 3 is 2.13 bits per heavy atom. The van der Waals surface area contributed by atoms with Crippen LogP contribution in [0.1, 0.15) is 12.5 Å². The summed E-state index contributed by atoms with van der Waals surface area (Å²) in [4.78, 5) is 34.1. The van der Waals surface area contributed by atoms with Crippen LogP contribution in [0.3, 0.4) is 0 Å². The lowest BCUT2D eigenvalue weighted by atomic mass is 9.90. The van der Waals surface area contributed by atoms with Crippen LogP contribution in [0.2, 0.25) is 0 Å². The zero-order chi connectivity index (χ0) is 17.0. The number of nitro benzene ring substituents is 1. The van der Waals surface area contributed by atoms with Crippen molar-refractivity contribution in [2.24, 2.45) is 0 Å². The highest BCUT2D eigenvalue weighted by Gasteiger charge is 2.45. The van der Waals surface area contributed by atoms with E-state index in [2.05, 4.69) is 0 Å². The molecule has 1 N–H and O–H groups in total. The van der Waals surface area contributed by atoms with Crippen molar-refractivity contribution in [1.82, 2.24) is 0 Å². The molecule has 7 nitrogen and oxygen atoms in total. The Hall–Kier alpha value is -3.06. The van der Waals surface area contributed by atoms with Gasteiger partial charge in [0.1, 0.15) is 5.75 Å². The van der Waals surface area contributed by atoms with E-state index in [1.54, 1.807) is 18.2 Å². The van der Waals surface area contributed by atoms with E-state index in [0.717, 1.165) is 19.1 Å². The number of esters is 1. The molecule has 2 rings (SSSR count). The van der Waals surface area contributed by atoms with E-state index in [0.29, 0.717) is 0 Å². The van der Waals surface area contributed by atoms with Crippen LogP contribution < -0.4 is 4.74 Å². The minimum absolute atomic E-state index is 0.0174. The lowest BCUT2D eigenvalue weighted by Crippen LogP contribution is -2.45. The number of nitrogens with zero attached hydrogens (tertiary/aromatic N) is 1. The molecule has 0 saturated carbocycles. The van der Waals surface area contributed by atoms with Crippen molar-refractivity contribution in [2.45, 2.75) is 12.5 Å². The highest BCUT2D eigenvalue weighted by Crippen LogP contribution is 2.26. The summed E-state index contributed by atoms with van der Waals surface area (Å²) in [7, 11) is 0. The number of ether oxygens (including phenoxy) is 1. The predicted octanol–water partition coefficient (Wildman–Crippen LogP) is 1.98. The molecule has 23 heavy (non-hydrogen) atoms. The van der Waals surface area contributed by atoms with E-state index in [1.165, 1.54) is 24.3 Å². The molecule has 0 fully saturated rings. The third-order valence-electron chi connectivity index (χ3n) is 3.25. The van der Waals surface area contributed by atoms with E-state index in [1.807, 2.05) is 0 Å². The van der Waals surface area contributed by atoms with Gasteiger partial charge in [0.15, 0.2) is 5.78 Å². The summed E-state index contributed by atoms with van der Waals surface area (Å²) in [5.41, 5.74) is -2.53. The molecule has 0 heterocycles. The van der Waals surface area contributed by atoms with Gasteiger partial charge >= 0.3 is 5.97 Å². The topological polar surface area (TPSA) is 107 Å². The van der Waals surface area contributed by atoms with Gasteiger partial charge in [-0.3, -0.25) is 14.9 Å². The first-order chi connectivity index (χ1) is 10.9. The molecule has 0 aliphatic heterocycles. The van der Waals surface area contributed by atoms with Crippen LogP contribution in [0.5, 0.6) is 5.75 Å². The van der Waals surface area contributed by atoms with Crippen molar-refractivity contribution in [3.63, 3.8) is 0 Å². The largest absolute Gasteiger partial charge is 0.424 e. The van der Waals surface area contributed by atoms with E-state index in [4.69, 9.17) is 4.74 Å². The Kier molecular flexibility index (Phi) is 4.52. The molecule has 0 spiro atoms. The number of carbonyl (C=O) groups is 2. The molecular weight excluding hydrogens is 302 g/mol. The Balaban J connectivity index is 2.29. The maximum absolute atomic E-state index is 12.3. The number of nitro groups is 1. The van der Waals surface area contributed by atoms with Gasteiger partial charge in [-0.15, -0.1) is 0 Å². The second kappa shape index (κ2) is 6.37. The number of carbonyl (C=O) groups excluding carboxylic acids is 2.